The van der Waals surface area contributed by atoms with Gasteiger partial charge in [-0.2, -0.15) is 0 Å². The van der Waals surface area contributed by atoms with Crippen LogP contribution in [0.1, 0.15) is 12.7 Å². The number of carbonyl (C=O) groups is 1. The lowest BCUT2D eigenvalue weighted by Crippen LogP contribution is -2.32. The summed E-state index contributed by atoms with van der Waals surface area (Å²) in [6.07, 6.45) is -3.85. The number of aromatic nitrogens is 1. The van der Waals surface area contributed by atoms with Gasteiger partial charge in [0.2, 0.25) is 0 Å². The van der Waals surface area contributed by atoms with Crippen molar-refractivity contribution in [3.05, 3.63) is 42.2 Å². The number of para-hydroxylation sites is 1. The van der Waals surface area contributed by atoms with Crippen molar-refractivity contribution < 1.29 is 27.2 Å². The number of anilines is 1. The quantitative estimate of drug-likeness (QED) is 0.912. The van der Waals surface area contributed by atoms with Gasteiger partial charge in [0.1, 0.15) is 17.8 Å². The highest BCUT2D eigenvalue weighted by atomic mass is 19.3. The zero-order valence-electron chi connectivity index (χ0n) is 11.6. The molecule has 1 N–H and O–H groups in total. The van der Waals surface area contributed by atoms with Gasteiger partial charge in [0.25, 0.3) is 6.43 Å². The van der Waals surface area contributed by atoms with Crippen molar-refractivity contribution in [2.45, 2.75) is 18.8 Å². The Morgan fingerprint density at radius 1 is 1.41 bits per heavy atom. The van der Waals surface area contributed by atoms with Crippen LogP contribution in [0.25, 0.3) is 0 Å². The monoisotopic (exact) mass is 314 g/mol. The van der Waals surface area contributed by atoms with Crippen LogP contribution in [0.2, 0.25) is 0 Å². The van der Waals surface area contributed by atoms with E-state index in [1.54, 1.807) is 30.3 Å². The lowest BCUT2D eigenvalue weighted by Gasteiger charge is -2.21. The Labute approximate surface area is 124 Å². The van der Waals surface area contributed by atoms with Gasteiger partial charge in [-0.25, -0.2) is 18.0 Å². The third-order valence-corrected chi connectivity index (χ3v) is 3.02. The predicted octanol–water partition coefficient (Wildman–Crippen LogP) is 3.78. The number of rotatable bonds is 5. The zero-order valence-corrected chi connectivity index (χ0v) is 11.6. The van der Waals surface area contributed by atoms with E-state index in [9.17, 15) is 18.0 Å². The number of nitrogens with zero attached hydrogens (tertiary/aromatic N) is 1. The summed E-state index contributed by atoms with van der Waals surface area (Å²) in [4.78, 5) is 11.6. The average molecular weight is 314 g/mol. The van der Waals surface area contributed by atoms with E-state index in [1.807, 2.05) is 0 Å². The Hall–Kier alpha value is -2.51. The molecule has 1 atom stereocenters. The van der Waals surface area contributed by atoms with Crippen LogP contribution in [0.4, 0.5) is 23.8 Å². The summed E-state index contributed by atoms with van der Waals surface area (Å²) in [5, 5.41) is 5.62. The summed E-state index contributed by atoms with van der Waals surface area (Å²) in [6.45, 7) is -0.321. The van der Waals surface area contributed by atoms with Gasteiger partial charge in [-0.05, 0) is 19.1 Å². The van der Waals surface area contributed by atoms with Crippen LogP contribution < -0.4 is 10.1 Å². The van der Waals surface area contributed by atoms with Crippen molar-refractivity contribution in [2.24, 2.45) is 0 Å². The molecule has 1 unspecified atom stereocenters. The maximum atomic E-state index is 12.9. The zero-order chi connectivity index (χ0) is 16.2. The van der Waals surface area contributed by atoms with E-state index >= 15 is 0 Å². The predicted molar refractivity (Wildman–Crippen MR) is 71.9 cm³/mol. The second kappa shape index (κ2) is 6.50. The highest BCUT2D eigenvalue weighted by Crippen LogP contribution is 2.32. The molecule has 0 aliphatic heterocycles. The molecule has 22 heavy (non-hydrogen) atoms. The summed E-state index contributed by atoms with van der Waals surface area (Å²) in [5.41, 5.74) is -2.11. The molecule has 0 fully saturated rings. The SMILES string of the molecule is CC(CF)(c1cc(NC(=O)Oc2ccccc2)no1)C(F)F. The van der Waals surface area contributed by atoms with E-state index in [-0.39, 0.29) is 11.6 Å². The third kappa shape index (κ3) is 3.38. The van der Waals surface area contributed by atoms with Gasteiger partial charge in [0, 0.05) is 6.07 Å². The van der Waals surface area contributed by atoms with E-state index in [4.69, 9.17) is 9.26 Å². The molecule has 0 saturated carbocycles. The second-order valence-electron chi connectivity index (χ2n) is 4.76. The van der Waals surface area contributed by atoms with E-state index in [0.29, 0.717) is 5.75 Å². The van der Waals surface area contributed by atoms with Crippen LogP contribution in [0, 0.1) is 0 Å². The van der Waals surface area contributed by atoms with E-state index in [2.05, 4.69) is 10.5 Å². The minimum atomic E-state index is -2.98. The molecule has 2 aromatic rings. The summed E-state index contributed by atoms with van der Waals surface area (Å²) in [7, 11) is 0. The normalized spacial score (nSPS) is 13.7. The first kappa shape index (κ1) is 15.9. The average Bonchev–Trinajstić information content (AvgIpc) is 2.96. The summed E-state index contributed by atoms with van der Waals surface area (Å²) >= 11 is 0. The Bertz CT molecular complexity index is 633. The van der Waals surface area contributed by atoms with Gasteiger partial charge in [0.05, 0.1) is 0 Å². The Balaban J connectivity index is 2.04. The molecule has 0 aliphatic carbocycles. The molecule has 1 aromatic carbocycles. The number of ether oxygens (including phenoxy) is 1. The summed E-state index contributed by atoms with van der Waals surface area (Å²) in [5.74, 6) is -0.207. The van der Waals surface area contributed by atoms with Crippen LogP contribution >= 0.6 is 0 Å². The molecule has 0 radical (unpaired) electrons. The first-order valence-corrected chi connectivity index (χ1v) is 6.31. The standard InChI is InChI=1S/C14H13F3N2O3/c1-14(8-15,12(16)17)10-7-11(19-22-10)18-13(20)21-9-5-3-2-4-6-9/h2-7,12H,8H2,1H3,(H,18,19,20). The van der Waals surface area contributed by atoms with Crippen molar-refractivity contribution >= 4 is 11.9 Å². The molecule has 5 nitrogen and oxygen atoms in total. The molecular weight excluding hydrogens is 301 g/mol. The molecule has 2 rings (SSSR count). The van der Waals surface area contributed by atoms with Crippen LogP contribution in [-0.4, -0.2) is 24.3 Å². The number of hydrogen-bond acceptors (Lipinski definition) is 4. The highest BCUT2D eigenvalue weighted by Gasteiger charge is 2.41. The summed E-state index contributed by atoms with van der Waals surface area (Å²) in [6, 6.07) is 9.25. The van der Waals surface area contributed by atoms with E-state index in [0.717, 1.165) is 13.0 Å². The van der Waals surface area contributed by atoms with Crippen molar-refractivity contribution in [1.82, 2.24) is 5.16 Å². The smallest absolute Gasteiger partial charge is 0.410 e. The fraction of sp³-hybridized carbons (Fsp3) is 0.286. The molecule has 8 heteroatoms. The van der Waals surface area contributed by atoms with E-state index in [1.165, 1.54) is 0 Å². The van der Waals surface area contributed by atoms with Crippen LogP contribution in [0.5, 0.6) is 5.75 Å². The molecule has 118 valence electrons. The topological polar surface area (TPSA) is 64.4 Å². The third-order valence-electron chi connectivity index (χ3n) is 3.02. The highest BCUT2D eigenvalue weighted by molar-refractivity contribution is 5.85. The molecule has 1 amide bonds. The molecule has 1 heterocycles. The first-order valence-electron chi connectivity index (χ1n) is 6.31. The van der Waals surface area contributed by atoms with Gasteiger partial charge in [0.15, 0.2) is 11.6 Å². The van der Waals surface area contributed by atoms with Crippen molar-refractivity contribution in [3.63, 3.8) is 0 Å². The Kier molecular flexibility index (Phi) is 4.69. The van der Waals surface area contributed by atoms with Crippen LogP contribution in [0.3, 0.4) is 0 Å². The molecule has 0 aliphatic rings. The number of nitrogens with one attached hydrogen (secondary N) is 1. The molecule has 1 aromatic heterocycles. The van der Waals surface area contributed by atoms with Crippen LogP contribution in [0.15, 0.2) is 40.9 Å². The minimum absolute atomic E-state index is 0.142. The molecule has 0 bridgehead atoms. The number of alkyl halides is 3. The fourth-order valence-corrected chi connectivity index (χ4v) is 1.56. The number of amides is 1. The number of benzene rings is 1. The fourth-order valence-electron chi connectivity index (χ4n) is 1.56. The molecule has 0 saturated heterocycles. The van der Waals surface area contributed by atoms with Crippen molar-refractivity contribution in [1.29, 1.82) is 0 Å². The maximum absolute atomic E-state index is 12.9. The van der Waals surface area contributed by atoms with Gasteiger partial charge in [-0.1, -0.05) is 23.4 Å². The first-order chi connectivity index (χ1) is 10.5. The van der Waals surface area contributed by atoms with Gasteiger partial charge >= 0.3 is 6.09 Å². The van der Waals surface area contributed by atoms with Crippen LogP contribution in [-0.2, 0) is 5.41 Å². The lowest BCUT2D eigenvalue weighted by molar-refractivity contribution is 0.0281. The van der Waals surface area contributed by atoms with E-state index < -0.39 is 24.6 Å². The number of hydrogen-bond donors (Lipinski definition) is 1. The number of carbonyl (C=O) groups excluding carboxylic acids is 1. The molecule has 0 spiro atoms. The minimum Gasteiger partial charge on any atom is -0.410 e. The Morgan fingerprint density at radius 3 is 2.68 bits per heavy atom. The van der Waals surface area contributed by atoms with Gasteiger partial charge in [-0.3, -0.25) is 5.32 Å². The van der Waals surface area contributed by atoms with Crippen molar-refractivity contribution in [2.75, 3.05) is 12.0 Å². The molecular formula is C14H13F3N2O3. The Morgan fingerprint density at radius 2 is 2.09 bits per heavy atom. The number of halogens is 3. The lowest BCUT2D eigenvalue weighted by atomic mass is 9.90. The largest absolute Gasteiger partial charge is 0.418 e. The maximum Gasteiger partial charge on any atom is 0.418 e. The van der Waals surface area contributed by atoms with Crippen molar-refractivity contribution in [3.8, 4) is 5.75 Å². The summed E-state index contributed by atoms with van der Waals surface area (Å²) < 4.78 is 48.3. The second-order valence-corrected chi connectivity index (χ2v) is 4.76. The van der Waals surface area contributed by atoms with Gasteiger partial charge < -0.3 is 9.26 Å². The van der Waals surface area contributed by atoms with Gasteiger partial charge in [-0.15, -0.1) is 0 Å².